The third-order valence-electron chi connectivity index (χ3n) is 4.49. The number of nitrogens with one attached hydrogen (secondary N) is 1. The van der Waals surface area contributed by atoms with Crippen LogP contribution in [-0.2, 0) is 0 Å². The van der Waals surface area contributed by atoms with Crippen LogP contribution in [0.1, 0.15) is 24.6 Å². The Bertz CT molecular complexity index is 640. The summed E-state index contributed by atoms with van der Waals surface area (Å²) in [5.41, 5.74) is 1.70. The lowest BCUT2D eigenvalue weighted by Crippen LogP contribution is -2.48. The lowest BCUT2D eigenvalue weighted by atomic mass is 10.1. The van der Waals surface area contributed by atoms with E-state index in [0.29, 0.717) is 17.8 Å². The monoisotopic (exact) mass is 287 g/mol. The Morgan fingerprint density at radius 1 is 1.29 bits per heavy atom. The molecule has 1 aromatic heterocycles. The molecule has 1 aromatic carbocycles. The molecule has 6 heteroatoms. The standard InChI is InChI=1S/C15H18FN5/c16-11-2-1-3-12(8-11)21-10-14(18-19-21)15-5-4-13-9-17-6-7-20(13)15/h1-3,8,10,13,15,17H,4-7,9H2/t13-,15+/m0/s1. The fourth-order valence-electron chi connectivity index (χ4n) is 3.46. The molecule has 4 rings (SSSR count). The highest BCUT2D eigenvalue weighted by Gasteiger charge is 2.37. The van der Waals surface area contributed by atoms with Gasteiger partial charge in [-0.25, -0.2) is 9.07 Å². The lowest BCUT2D eigenvalue weighted by Gasteiger charge is -2.33. The molecule has 0 aliphatic carbocycles. The minimum Gasteiger partial charge on any atom is -0.314 e. The van der Waals surface area contributed by atoms with Gasteiger partial charge < -0.3 is 5.32 Å². The average molecular weight is 287 g/mol. The van der Waals surface area contributed by atoms with E-state index in [1.165, 1.54) is 18.6 Å². The maximum atomic E-state index is 13.3. The summed E-state index contributed by atoms with van der Waals surface area (Å²) in [6.07, 6.45) is 4.25. The Labute approximate surface area is 122 Å². The van der Waals surface area contributed by atoms with E-state index >= 15 is 0 Å². The zero-order valence-electron chi connectivity index (χ0n) is 11.7. The second kappa shape index (κ2) is 5.20. The molecule has 110 valence electrons. The molecule has 0 spiro atoms. The van der Waals surface area contributed by atoms with Crippen molar-refractivity contribution in [2.75, 3.05) is 19.6 Å². The number of halogens is 1. The van der Waals surface area contributed by atoms with Gasteiger partial charge in [-0.05, 0) is 31.0 Å². The van der Waals surface area contributed by atoms with Crippen molar-refractivity contribution in [3.8, 4) is 5.69 Å². The molecule has 0 amide bonds. The summed E-state index contributed by atoms with van der Waals surface area (Å²) in [5, 5.41) is 11.9. The van der Waals surface area contributed by atoms with Crippen molar-refractivity contribution < 1.29 is 4.39 Å². The Balaban J connectivity index is 1.60. The van der Waals surface area contributed by atoms with Crippen LogP contribution in [0.15, 0.2) is 30.5 Å². The van der Waals surface area contributed by atoms with Gasteiger partial charge in [0.15, 0.2) is 0 Å². The van der Waals surface area contributed by atoms with Crippen LogP contribution in [0, 0.1) is 5.82 Å². The molecular formula is C15H18FN5. The molecule has 2 fully saturated rings. The molecule has 0 radical (unpaired) electrons. The number of piperazine rings is 1. The number of hydrogen-bond donors (Lipinski definition) is 1. The summed E-state index contributed by atoms with van der Waals surface area (Å²) in [6, 6.07) is 7.39. The first-order valence-corrected chi connectivity index (χ1v) is 7.46. The normalized spacial score (nSPS) is 26.0. The van der Waals surface area contributed by atoms with E-state index in [9.17, 15) is 4.39 Å². The molecule has 5 nitrogen and oxygen atoms in total. The average Bonchev–Trinajstić information content (AvgIpc) is 3.14. The molecule has 2 aromatic rings. The molecule has 2 saturated heterocycles. The highest BCUT2D eigenvalue weighted by molar-refractivity contribution is 5.31. The third kappa shape index (κ3) is 2.34. The maximum Gasteiger partial charge on any atom is 0.125 e. The smallest absolute Gasteiger partial charge is 0.125 e. The van der Waals surface area contributed by atoms with Crippen molar-refractivity contribution in [1.29, 1.82) is 0 Å². The Kier molecular flexibility index (Phi) is 3.20. The number of benzene rings is 1. The molecule has 3 heterocycles. The van der Waals surface area contributed by atoms with Crippen LogP contribution in [0.2, 0.25) is 0 Å². The first-order valence-electron chi connectivity index (χ1n) is 7.46. The summed E-state index contributed by atoms with van der Waals surface area (Å²) in [5.74, 6) is -0.257. The van der Waals surface area contributed by atoms with Gasteiger partial charge in [-0.2, -0.15) is 0 Å². The minimum atomic E-state index is -0.257. The van der Waals surface area contributed by atoms with Crippen LogP contribution >= 0.6 is 0 Å². The van der Waals surface area contributed by atoms with Crippen molar-refractivity contribution in [1.82, 2.24) is 25.2 Å². The fourth-order valence-corrected chi connectivity index (χ4v) is 3.46. The number of fused-ring (bicyclic) bond motifs is 1. The summed E-state index contributed by atoms with van der Waals surface area (Å²) in [6.45, 7) is 3.15. The van der Waals surface area contributed by atoms with Gasteiger partial charge in [0, 0.05) is 25.7 Å². The quantitative estimate of drug-likeness (QED) is 0.909. The van der Waals surface area contributed by atoms with E-state index in [-0.39, 0.29) is 5.82 Å². The van der Waals surface area contributed by atoms with Gasteiger partial charge in [-0.3, -0.25) is 4.90 Å². The molecular weight excluding hydrogens is 269 g/mol. The Morgan fingerprint density at radius 2 is 2.24 bits per heavy atom. The minimum absolute atomic E-state index is 0.257. The second-order valence-corrected chi connectivity index (χ2v) is 5.76. The molecule has 1 N–H and O–H groups in total. The molecule has 0 bridgehead atoms. The molecule has 2 aliphatic heterocycles. The van der Waals surface area contributed by atoms with E-state index in [2.05, 4.69) is 20.5 Å². The van der Waals surface area contributed by atoms with Crippen LogP contribution in [0.3, 0.4) is 0 Å². The van der Waals surface area contributed by atoms with E-state index in [1.807, 2.05) is 12.3 Å². The fraction of sp³-hybridized carbons (Fsp3) is 0.467. The highest BCUT2D eigenvalue weighted by Crippen LogP contribution is 2.35. The number of aromatic nitrogens is 3. The number of hydrogen-bond acceptors (Lipinski definition) is 4. The number of nitrogens with zero attached hydrogens (tertiary/aromatic N) is 4. The molecule has 2 atom stereocenters. The molecule has 2 aliphatic rings. The molecule has 0 saturated carbocycles. The van der Waals surface area contributed by atoms with Crippen LogP contribution in [0.5, 0.6) is 0 Å². The number of rotatable bonds is 2. The van der Waals surface area contributed by atoms with Crippen molar-refractivity contribution in [3.05, 3.63) is 42.0 Å². The summed E-state index contributed by atoms with van der Waals surface area (Å²) >= 11 is 0. The Hall–Kier alpha value is -1.79. The zero-order valence-corrected chi connectivity index (χ0v) is 11.7. The summed E-state index contributed by atoms with van der Waals surface area (Å²) < 4.78 is 15.0. The molecule has 21 heavy (non-hydrogen) atoms. The van der Waals surface area contributed by atoms with Crippen molar-refractivity contribution in [3.63, 3.8) is 0 Å². The third-order valence-corrected chi connectivity index (χ3v) is 4.49. The maximum absolute atomic E-state index is 13.3. The van der Waals surface area contributed by atoms with Gasteiger partial charge >= 0.3 is 0 Å². The van der Waals surface area contributed by atoms with E-state index in [4.69, 9.17) is 0 Å². The predicted molar refractivity (Wildman–Crippen MR) is 76.7 cm³/mol. The lowest BCUT2D eigenvalue weighted by molar-refractivity contribution is 0.159. The summed E-state index contributed by atoms with van der Waals surface area (Å²) in [7, 11) is 0. The first kappa shape index (κ1) is 12.9. The van der Waals surface area contributed by atoms with E-state index in [1.54, 1.807) is 10.7 Å². The van der Waals surface area contributed by atoms with Gasteiger partial charge in [0.2, 0.25) is 0 Å². The largest absolute Gasteiger partial charge is 0.314 e. The van der Waals surface area contributed by atoms with E-state index in [0.717, 1.165) is 31.7 Å². The van der Waals surface area contributed by atoms with Gasteiger partial charge in [0.1, 0.15) is 11.5 Å². The van der Waals surface area contributed by atoms with Crippen LogP contribution in [-0.4, -0.2) is 45.6 Å². The topological polar surface area (TPSA) is 46.0 Å². The predicted octanol–water partition coefficient (Wildman–Crippen LogP) is 1.52. The second-order valence-electron chi connectivity index (χ2n) is 5.76. The van der Waals surface area contributed by atoms with Crippen LogP contribution in [0.4, 0.5) is 4.39 Å². The van der Waals surface area contributed by atoms with Crippen molar-refractivity contribution >= 4 is 0 Å². The van der Waals surface area contributed by atoms with Gasteiger partial charge in [-0.15, -0.1) is 5.10 Å². The zero-order chi connectivity index (χ0) is 14.2. The highest BCUT2D eigenvalue weighted by atomic mass is 19.1. The van der Waals surface area contributed by atoms with E-state index < -0.39 is 0 Å². The first-order chi connectivity index (χ1) is 10.3. The van der Waals surface area contributed by atoms with Crippen molar-refractivity contribution in [2.24, 2.45) is 0 Å². The van der Waals surface area contributed by atoms with Gasteiger partial charge in [-0.1, -0.05) is 11.3 Å². The van der Waals surface area contributed by atoms with Gasteiger partial charge in [0.05, 0.1) is 17.9 Å². The SMILES string of the molecule is Fc1cccc(-n2cc([C@H]3CC[C@H]4CNCCN43)nn2)c1. The van der Waals surface area contributed by atoms with Crippen molar-refractivity contribution in [2.45, 2.75) is 24.9 Å². The Morgan fingerprint density at radius 3 is 3.14 bits per heavy atom. The van der Waals surface area contributed by atoms with Crippen LogP contribution < -0.4 is 5.32 Å². The van der Waals surface area contributed by atoms with Crippen LogP contribution in [0.25, 0.3) is 5.69 Å². The van der Waals surface area contributed by atoms with Gasteiger partial charge in [0.25, 0.3) is 0 Å². The molecule has 0 unspecified atom stereocenters. The summed E-state index contributed by atoms with van der Waals surface area (Å²) in [4.78, 5) is 2.52.